The summed E-state index contributed by atoms with van der Waals surface area (Å²) in [6.07, 6.45) is 0. The maximum absolute atomic E-state index is 11.1. The molecule has 10 heteroatoms. The van der Waals surface area contributed by atoms with E-state index in [1.807, 2.05) is 0 Å². The summed E-state index contributed by atoms with van der Waals surface area (Å²) in [5, 5.41) is 26.0. The van der Waals surface area contributed by atoms with Crippen molar-refractivity contribution in [3.8, 4) is 11.5 Å². The number of hydrogen-bond acceptors (Lipinski definition) is 8. The molecule has 0 saturated carbocycles. The number of fused-ring (bicyclic) bond motifs is 1. The number of rotatable bonds is 5. The van der Waals surface area contributed by atoms with Crippen LogP contribution in [0.15, 0.2) is 41.5 Å². The molecule has 0 saturated heterocycles. The van der Waals surface area contributed by atoms with Crippen LogP contribution in [0.25, 0.3) is 0 Å². The summed E-state index contributed by atoms with van der Waals surface area (Å²) in [6, 6.07) is 8.55. The Hall–Kier alpha value is -3.69. The average Bonchev–Trinajstić information content (AvgIpc) is 3.06. The largest absolute Gasteiger partial charge is 0.454 e. The standard InChI is InChI=1S/C15H12N4O6/c1-9(10-2-5-14-15(6-10)25-8-24-14)16-17-12-4-3-11(18(20)21)7-13(12)19(22)23/h2-7,17H,8H2,1H3/b16-9-. The van der Waals surface area contributed by atoms with Crippen molar-refractivity contribution < 1.29 is 19.3 Å². The topological polar surface area (TPSA) is 129 Å². The Morgan fingerprint density at radius 1 is 1.08 bits per heavy atom. The number of benzene rings is 2. The highest BCUT2D eigenvalue weighted by Gasteiger charge is 2.19. The first kappa shape index (κ1) is 16.2. The second-order valence-electron chi connectivity index (χ2n) is 5.09. The number of nitro groups is 2. The maximum Gasteiger partial charge on any atom is 0.301 e. The zero-order valence-electron chi connectivity index (χ0n) is 13.0. The van der Waals surface area contributed by atoms with E-state index in [-0.39, 0.29) is 18.2 Å². The fraction of sp³-hybridized carbons (Fsp3) is 0.133. The molecule has 0 fully saturated rings. The zero-order chi connectivity index (χ0) is 18.0. The van der Waals surface area contributed by atoms with E-state index in [1.165, 1.54) is 12.1 Å². The molecule has 10 nitrogen and oxygen atoms in total. The highest BCUT2D eigenvalue weighted by Crippen LogP contribution is 2.33. The van der Waals surface area contributed by atoms with Crippen molar-refractivity contribution in [1.29, 1.82) is 0 Å². The van der Waals surface area contributed by atoms with Gasteiger partial charge in [-0.3, -0.25) is 25.7 Å². The fourth-order valence-electron chi connectivity index (χ4n) is 2.21. The molecule has 0 spiro atoms. The van der Waals surface area contributed by atoms with Gasteiger partial charge >= 0.3 is 5.69 Å². The minimum atomic E-state index is -0.708. The summed E-state index contributed by atoms with van der Waals surface area (Å²) in [4.78, 5) is 20.4. The minimum Gasteiger partial charge on any atom is -0.454 e. The molecule has 0 bridgehead atoms. The predicted octanol–water partition coefficient (Wildman–Crippen LogP) is 3.07. The highest BCUT2D eigenvalue weighted by molar-refractivity contribution is 5.99. The lowest BCUT2D eigenvalue weighted by Gasteiger charge is -2.05. The monoisotopic (exact) mass is 344 g/mol. The third-order valence-electron chi connectivity index (χ3n) is 3.52. The van der Waals surface area contributed by atoms with Crippen LogP contribution in [0.4, 0.5) is 17.1 Å². The molecular formula is C15H12N4O6. The van der Waals surface area contributed by atoms with Gasteiger partial charge in [0.15, 0.2) is 11.5 Å². The van der Waals surface area contributed by atoms with E-state index < -0.39 is 15.5 Å². The molecule has 25 heavy (non-hydrogen) atoms. The van der Waals surface area contributed by atoms with E-state index in [0.717, 1.165) is 11.6 Å². The Balaban J connectivity index is 1.85. The smallest absolute Gasteiger partial charge is 0.301 e. The molecular weight excluding hydrogens is 332 g/mol. The van der Waals surface area contributed by atoms with Gasteiger partial charge in [0.05, 0.1) is 21.6 Å². The number of ether oxygens (including phenoxy) is 2. The van der Waals surface area contributed by atoms with Gasteiger partial charge in [0.25, 0.3) is 5.69 Å². The number of hydrogen-bond donors (Lipinski definition) is 1. The molecule has 3 rings (SSSR count). The molecule has 0 aromatic heterocycles. The van der Waals surface area contributed by atoms with E-state index in [0.29, 0.717) is 17.2 Å². The lowest BCUT2D eigenvalue weighted by molar-refractivity contribution is -0.393. The SMILES string of the molecule is C/C(=N/Nc1ccc([N+](=O)[O-])cc1[N+](=O)[O-])c1ccc2c(c1)OCO2. The van der Waals surface area contributed by atoms with Crippen molar-refractivity contribution in [3.05, 3.63) is 62.2 Å². The van der Waals surface area contributed by atoms with Crippen LogP contribution in [0.3, 0.4) is 0 Å². The van der Waals surface area contributed by atoms with Crippen molar-refractivity contribution in [3.63, 3.8) is 0 Å². The second-order valence-corrected chi connectivity index (χ2v) is 5.09. The third-order valence-corrected chi connectivity index (χ3v) is 3.52. The second kappa shape index (κ2) is 6.43. The zero-order valence-corrected chi connectivity index (χ0v) is 13.0. The first-order valence-electron chi connectivity index (χ1n) is 7.09. The Bertz CT molecular complexity index is 896. The summed E-state index contributed by atoms with van der Waals surface area (Å²) in [5.74, 6) is 1.23. The van der Waals surface area contributed by atoms with Gasteiger partial charge in [-0.15, -0.1) is 0 Å². The Morgan fingerprint density at radius 3 is 2.56 bits per heavy atom. The van der Waals surface area contributed by atoms with Gasteiger partial charge in [0.2, 0.25) is 6.79 Å². The molecule has 1 heterocycles. The molecule has 0 aliphatic carbocycles. The van der Waals surface area contributed by atoms with Crippen molar-refractivity contribution in [2.75, 3.05) is 12.2 Å². The third kappa shape index (κ3) is 3.32. The molecule has 0 unspecified atom stereocenters. The van der Waals surface area contributed by atoms with Crippen LogP contribution in [-0.4, -0.2) is 22.4 Å². The lowest BCUT2D eigenvalue weighted by atomic mass is 10.1. The molecule has 1 aliphatic heterocycles. The van der Waals surface area contributed by atoms with Gasteiger partial charge < -0.3 is 9.47 Å². The van der Waals surface area contributed by atoms with Crippen molar-refractivity contribution >= 4 is 22.8 Å². The van der Waals surface area contributed by atoms with E-state index >= 15 is 0 Å². The maximum atomic E-state index is 11.1. The number of nitrogens with one attached hydrogen (secondary N) is 1. The van der Waals surface area contributed by atoms with Gasteiger partial charge in [-0.2, -0.15) is 5.10 Å². The fourth-order valence-corrected chi connectivity index (χ4v) is 2.21. The molecule has 128 valence electrons. The Morgan fingerprint density at radius 2 is 1.84 bits per heavy atom. The van der Waals surface area contributed by atoms with Gasteiger partial charge in [0, 0.05) is 11.6 Å². The van der Waals surface area contributed by atoms with Crippen LogP contribution in [0.5, 0.6) is 11.5 Å². The minimum absolute atomic E-state index is 0.0516. The van der Waals surface area contributed by atoms with E-state index in [2.05, 4.69) is 10.5 Å². The molecule has 0 radical (unpaired) electrons. The van der Waals surface area contributed by atoms with Crippen LogP contribution in [0, 0.1) is 20.2 Å². The van der Waals surface area contributed by atoms with Crippen molar-refractivity contribution in [2.24, 2.45) is 5.10 Å². The van der Waals surface area contributed by atoms with Crippen LogP contribution in [0.1, 0.15) is 12.5 Å². The average molecular weight is 344 g/mol. The summed E-state index contributed by atoms with van der Waals surface area (Å²) in [5.41, 5.74) is 3.11. The highest BCUT2D eigenvalue weighted by atomic mass is 16.7. The van der Waals surface area contributed by atoms with Crippen LogP contribution >= 0.6 is 0 Å². The van der Waals surface area contributed by atoms with Crippen molar-refractivity contribution in [1.82, 2.24) is 0 Å². The predicted molar refractivity (Wildman–Crippen MR) is 88.1 cm³/mol. The molecule has 2 aromatic rings. The molecule has 1 aliphatic rings. The Kier molecular flexibility index (Phi) is 4.16. The number of anilines is 1. The summed E-state index contributed by atoms with van der Waals surface area (Å²) in [7, 11) is 0. The van der Waals surface area contributed by atoms with Crippen molar-refractivity contribution in [2.45, 2.75) is 6.92 Å². The van der Waals surface area contributed by atoms with Crippen LogP contribution < -0.4 is 14.9 Å². The molecule has 0 atom stereocenters. The van der Waals surface area contributed by atoms with Gasteiger partial charge in [-0.05, 0) is 31.2 Å². The summed E-state index contributed by atoms with van der Waals surface area (Å²) in [6.45, 7) is 1.87. The van der Waals surface area contributed by atoms with Gasteiger partial charge in [0.1, 0.15) is 5.69 Å². The van der Waals surface area contributed by atoms with E-state index in [4.69, 9.17) is 9.47 Å². The van der Waals surface area contributed by atoms with Gasteiger partial charge in [-0.1, -0.05) is 0 Å². The number of hydrazone groups is 1. The number of non-ortho nitro benzene ring substituents is 1. The van der Waals surface area contributed by atoms with E-state index in [1.54, 1.807) is 25.1 Å². The summed E-state index contributed by atoms with van der Waals surface area (Å²) < 4.78 is 10.5. The number of nitro benzene ring substituents is 2. The van der Waals surface area contributed by atoms with Gasteiger partial charge in [-0.25, -0.2) is 0 Å². The quantitative estimate of drug-likeness (QED) is 0.501. The van der Waals surface area contributed by atoms with Crippen LogP contribution in [0.2, 0.25) is 0 Å². The molecule has 1 N–H and O–H groups in total. The molecule has 2 aromatic carbocycles. The van der Waals surface area contributed by atoms with Crippen LogP contribution in [-0.2, 0) is 0 Å². The molecule has 0 amide bonds. The normalized spacial score (nSPS) is 12.8. The summed E-state index contributed by atoms with van der Waals surface area (Å²) >= 11 is 0. The first-order chi connectivity index (χ1) is 12.0. The van der Waals surface area contributed by atoms with E-state index in [9.17, 15) is 20.2 Å². The first-order valence-corrected chi connectivity index (χ1v) is 7.09. The Labute approximate surface area is 141 Å². The number of nitrogens with zero attached hydrogens (tertiary/aromatic N) is 3. The lowest BCUT2D eigenvalue weighted by Crippen LogP contribution is -2.02.